The Balaban J connectivity index is 4.11. The van der Waals surface area contributed by atoms with Crippen LogP contribution < -0.4 is 0 Å². The normalized spacial score (nSPS) is 12.2. The molecule has 0 aromatic carbocycles. The van der Waals surface area contributed by atoms with Crippen LogP contribution in [0.5, 0.6) is 0 Å². The molecule has 0 amide bonds. The zero-order valence-electron chi connectivity index (χ0n) is 7.93. The number of aliphatic hydroxyl groups is 1. The van der Waals surface area contributed by atoms with Gasteiger partial charge in [-0.2, -0.15) is 0 Å². The molecule has 13 heavy (non-hydrogen) atoms. The Morgan fingerprint density at radius 2 is 1.69 bits per heavy atom. The highest BCUT2D eigenvalue weighted by Gasteiger charge is 2.03. The van der Waals surface area contributed by atoms with Crippen LogP contribution in [0.1, 0.15) is 25.7 Å². The Hall–Kier alpha value is -0.890. The number of hydrogen-bond donors (Lipinski definition) is 1. The average Bonchev–Trinajstić information content (AvgIpc) is 2.16. The van der Waals surface area contributed by atoms with Crippen molar-refractivity contribution in [2.24, 2.45) is 0 Å². The minimum atomic E-state index is -0.204. The largest absolute Gasteiger partial charge is 0.392 e. The summed E-state index contributed by atoms with van der Waals surface area (Å²) in [5, 5.41) is 8.86. The molecule has 0 rings (SSSR count). The molecular weight excluding hydrogens is 167 g/mol. The van der Waals surface area contributed by atoms with E-state index >= 15 is 0 Å². The second kappa shape index (κ2) is 7.74. The van der Waals surface area contributed by atoms with E-state index in [1.54, 1.807) is 12.2 Å². The van der Waals surface area contributed by atoms with E-state index in [1.807, 2.05) is 0 Å². The van der Waals surface area contributed by atoms with Gasteiger partial charge in [-0.15, -0.1) is 13.2 Å². The van der Waals surface area contributed by atoms with Gasteiger partial charge in [-0.1, -0.05) is 12.2 Å². The van der Waals surface area contributed by atoms with E-state index in [4.69, 9.17) is 5.11 Å². The molecule has 1 nitrogen and oxygen atoms in total. The summed E-state index contributed by atoms with van der Waals surface area (Å²) in [5.74, 6) is -0.204. The Labute approximate surface area is 79.3 Å². The molecule has 0 saturated carbocycles. The summed E-state index contributed by atoms with van der Waals surface area (Å²) >= 11 is 0. The average molecular weight is 184 g/mol. The van der Waals surface area contributed by atoms with Crippen molar-refractivity contribution in [3.05, 3.63) is 36.7 Å². The van der Waals surface area contributed by atoms with E-state index in [1.165, 1.54) is 0 Å². The molecule has 0 aromatic heterocycles. The lowest BCUT2D eigenvalue weighted by molar-refractivity contribution is 0.319. The lowest BCUT2D eigenvalue weighted by Crippen LogP contribution is -1.94. The molecule has 0 spiro atoms. The molecule has 0 aliphatic heterocycles. The predicted octanol–water partition coefficient (Wildman–Crippen LogP) is 3.13. The van der Waals surface area contributed by atoms with Crippen molar-refractivity contribution in [3.63, 3.8) is 0 Å². The summed E-state index contributed by atoms with van der Waals surface area (Å²) in [6.45, 7) is 6.86. The fourth-order valence-corrected chi connectivity index (χ4v) is 0.982. The lowest BCUT2D eigenvalue weighted by atomic mass is 10.1. The van der Waals surface area contributed by atoms with Gasteiger partial charge in [0.05, 0.1) is 6.61 Å². The van der Waals surface area contributed by atoms with Crippen LogP contribution in [0.25, 0.3) is 0 Å². The third kappa shape index (κ3) is 5.36. The van der Waals surface area contributed by atoms with Crippen LogP contribution in [-0.4, -0.2) is 11.7 Å². The molecule has 0 radical (unpaired) electrons. The zero-order valence-corrected chi connectivity index (χ0v) is 7.93. The third-order valence-corrected chi connectivity index (χ3v) is 1.79. The van der Waals surface area contributed by atoms with Gasteiger partial charge in [0.2, 0.25) is 0 Å². The minimum absolute atomic E-state index is 0.198. The third-order valence-electron chi connectivity index (χ3n) is 1.79. The quantitative estimate of drug-likeness (QED) is 0.603. The van der Waals surface area contributed by atoms with Crippen LogP contribution in [0.3, 0.4) is 0 Å². The molecule has 0 fully saturated rings. The van der Waals surface area contributed by atoms with Crippen LogP contribution in [0.15, 0.2) is 36.7 Å². The molecule has 0 unspecified atom stereocenters. The van der Waals surface area contributed by atoms with E-state index in [9.17, 15) is 4.39 Å². The summed E-state index contributed by atoms with van der Waals surface area (Å²) in [6.07, 6.45) is 5.61. The number of halogens is 1. The highest BCUT2D eigenvalue weighted by atomic mass is 19.1. The second-order valence-corrected chi connectivity index (χ2v) is 2.82. The van der Waals surface area contributed by atoms with Gasteiger partial charge in [-0.3, -0.25) is 0 Å². The zero-order chi connectivity index (χ0) is 10.1. The lowest BCUT2D eigenvalue weighted by Gasteiger charge is -2.04. The van der Waals surface area contributed by atoms with Crippen molar-refractivity contribution < 1.29 is 9.50 Å². The first-order valence-electron chi connectivity index (χ1n) is 4.45. The second-order valence-electron chi connectivity index (χ2n) is 2.82. The molecule has 0 saturated heterocycles. The Morgan fingerprint density at radius 3 is 2.15 bits per heavy atom. The van der Waals surface area contributed by atoms with Crippen molar-refractivity contribution in [1.82, 2.24) is 0 Å². The van der Waals surface area contributed by atoms with Crippen LogP contribution in [0.4, 0.5) is 4.39 Å². The minimum Gasteiger partial charge on any atom is -0.392 e. The van der Waals surface area contributed by atoms with Crippen LogP contribution in [0.2, 0.25) is 0 Å². The molecule has 1 N–H and O–H groups in total. The number of hydrogen-bond acceptors (Lipinski definition) is 1. The monoisotopic (exact) mass is 184 g/mol. The maximum absolute atomic E-state index is 13.2. The number of rotatable bonds is 7. The molecule has 0 aliphatic carbocycles. The van der Waals surface area contributed by atoms with Gasteiger partial charge in [0.25, 0.3) is 0 Å². The van der Waals surface area contributed by atoms with Gasteiger partial charge < -0.3 is 5.11 Å². The van der Waals surface area contributed by atoms with Gasteiger partial charge in [0.1, 0.15) is 5.83 Å². The van der Waals surface area contributed by atoms with Crippen LogP contribution in [-0.2, 0) is 0 Å². The molecule has 2 heteroatoms. The summed E-state index contributed by atoms with van der Waals surface area (Å²) in [7, 11) is 0. The molecule has 0 aromatic rings. The number of allylic oxidation sites excluding steroid dienone is 3. The Kier molecular flexibility index (Phi) is 7.21. The predicted molar refractivity (Wildman–Crippen MR) is 54.1 cm³/mol. The maximum atomic E-state index is 13.2. The van der Waals surface area contributed by atoms with Gasteiger partial charge in [-0.25, -0.2) is 4.39 Å². The first-order chi connectivity index (χ1) is 6.26. The first-order valence-corrected chi connectivity index (χ1v) is 4.45. The molecular formula is C11H17FO. The molecule has 0 bridgehead atoms. The van der Waals surface area contributed by atoms with Crippen molar-refractivity contribution in [1.29, 1.82) is 0 Å². The van der Waals surface area contributed by atoms with E-state index in [0.717, 1.165) is 0 Å². The topological polar surface area (TPSA) is 20.2 Å². The van der Waals surface area contributed by atoms with Crippen LogP contribution in [0, 0.1) is 0 Å². The molecule has 0 atom stereocenters. The summed E-state index contributed by atoms with van der Waals surface area (Å²) in [6, 6.07) is 0. The first kappa shape index (κ1) is 12.1. The van der Waals surface area contributed by atoms with Crippen molar-refractivity contribution in [2.75, 3.05) is 6.61 Å². The van der Waals surface area contributed by atoms with Crippen molar-refractivity contribution in [2.45, 2.75) is 25.7 Å². The van der Waals surface area contributed by atoms with E-state index in [-0.39, 0.29) is 12.4 Å². The molecule has 0 heterocycles. The Bertz CT molecular complexity index is 194. The van der Waals surface area contributed by atoms with E-state index in [0.29, 0.717) is 31.3 Å². The summed E-state index contributed by atoms with van der Waals surface area (Å²) in [4.78, 5) is 0. The fraction of sp³-hybridized carbons (Fsp3) is 0.455. The standard InChI is InChI=1S/C11H17FO/c1-3-5-7-10(9-13)11(12)8-6-4-2/h3-4,13H,1-2,5-9H2/b11-10+. The van der Waals surface area contributed by atoms with Crippen molar-refractivity contribution >= 4 is 0 Å². The van der Waals surface area contributed by atoms with Gasteiger partial charge in [0, 0.05) is 6.42 Å². The van der Waals surface area contributed by atoms with Gasteiger partial charge in [-0.05, 0) is 24.8 Å². The van der Waals surface area contributed by atoms with Gasteiger partial charge in [0.15, 0.2) is 0 Å². The molecule has 74 valence electrons. The fourth-order valence-electron chi connectivity index (χ4n) is 0.982. The highest BCUT2D eigenvalue weighted by Crippen LogP contribution is 2.17. The summed E-state index contributed by atoms with van der Waals surface area (Å²) in [5.41, 5.74) is 0.488. The highest BCUT2D eigenvalue weighted by molar-refractivity contribution is 5.09. The van der Waals surface area contributed by atoms with Gasteiger partial charge >= 0.3 is 0 Å². The number of aliphatic hydroxyl groups excluding tert-OH is 1. The van der Waals surface area contributed by atoms with E-state index < -0.39 is 0 Å². The Morgan fingerprint density at radius 1 is 1.15 bits per heavy atom. The maximum Gasteiger partial charge on any atom is 0.102 e. The summed E-state index contributed by atoms with van der Waals surface area (Å²) < 4.78 is 13.2. The van der Waals surface area contributed by atoms with Crippen LogP contribution >= 0.6 is 0 Å². The SMILES string of the molecule is C=CCC/C(F)=C(\CO)CCC=C. The smallest absolute Gasteiger partial charge is 0.102 e. The molecule has 0 aliphatic rings. The van der Waals surface area contributed by atoms with Crippen molar-refractivity contribution in [3.8, 4) is 0 Å². The van der Waals surface area contributed by atoms with E-state index in [2.05, 4.69) is 13.2 Å².